The zero-order valence-corrected chi connectivity index (χ0v) is 8.93. The molecule has 1 aromatic carbocycles. The molecule has 0 spiro atoms. The van der Waals surface area contributed by atoms with Crippen molar-refractivity contribution in [3.63, 3.8) is 0 Å². The molecule has 2 fully saturated rings. The van der Waals surface area contributed by atoms with Gasteiger partial charge in [-0.3, -0.25) is 0 Å². The number of piperidine rings is 1. The molecule has 2 aliphatic rings. The topological polar surface area (TPSA) is 15.8 Å². The molecule has 2 saturated heterocycles. The summed E-state index contributed by atoms with van der Waals surface area (Å²) in [7, 11) is 0. The first-order chi connectivity index (χ1) is 7.42. The summed E-state index contributed by atoms with van der Waals surface area (Å²) in [6.45, 7) is 3.54. The third-order valence-corrected chi connectivity index (χ3v) is 3.42. The van der Waals surface area contributed by atoms with Gasteiger partial charge in [-0.1, -0.05) is 30.3 Å². The van der Waals surface area contributed by atoms with E-state index < -0.39 is 0 Å². The van der Waals surface area contributed by atoms with Crippen LogP contribution in [0.2, 0.25) is 0 Å². The summed E-state index contributed by atoms with van der Waals surface area (Å²) in [6.07, 6.45) is 3.57. The normalized spacial score (nSPS) is 29.9. The second kappa shape index (κ2) is 3.95. The number of likely N-dealkylation sites (tertiary alicyclic amines) is 1. The van der Waals surface area contributed by atoms with Gasteiger partial charge in [-0.2, -0.15) is 0 Å². The van der Waals surface area contributed by atoms with Gasteiger partial charge in [0.05, 0.1) is 12.2 Å². The molecule has 1 aromatic rings. The highest BCUT2D eigenvalue weighted by atomic mass is 16.6. The molecule has 2 heterocycles. The Hall–Kier alpha value is -0.860. The SMILES string of the molecule is c1ccc(CCN2CC[C@H]3O[C@@H]3C2)cc1. The van der Waals surface area contributed by atoms with E-state index in [0.29, 0.717) is 12.2 Å². The minimum Gasteiger partial charge on any atom is -0.368 e. The van der Waals surface area contributed by atoms with Gasteiger partial charge in [-0.15, -0.1) is 0 Å². The van der Waals surface area contributed by atoms with E-state index in [9.17, 15) is 0 Å². The summed E-state index contributed by atoms with van der Waals surface area (Å²) in [5, 5.41) is 0. The molecule has 0 N–H and O–H groups in total. The lowest BCUT2D eigenvalue weighted by atomic mass is 10.1. The van der Waals surface area contributed by atoms with Gasteiger partial charge < -0.3 is 9.64 Å². The fraction of sp³-hybridized carbons (Fsp3) is 0.538. The van der Waals surface area contributed by atoms with E-state index in [2.05, 4.69) is 35.2 Å². The average molecular weight is 203 g/mol. The van der Waals surface area contributed by atoms with Gasteiger partial charge in [0.25, 0.3) is 0 Å². The highest BCUT2D eigenvalue weighted by Crippen LogP contribution is 2.30. The van der Waals surface area contributed by atoms with Crippen LogP contribution >= 0.6 is 0 Å². The number of rotatable bonds is 3. The molecule has 0 bridgehead atoms. The van der Waals surface area contributed by atoms with Crippen molar-refractivity contribution in [1.29, 1.82) is 0 Å². The van der Waals surface area contributed by atoms with Crippen LogP contribution in [0, 0.1) is 0 Å². The van der Waals surface area contributed by atoms with Crippen molar-refractivity contribution in [2.24, 2.45) is 0 Å². The van der Waals surface area contributed by atoms with Gasteiger partial charge >= 0.3 is 0 Å². The molecule has 2 atom stereocenters. The van der Waals surface area contributed by atoms with E-state index in [-0.39, 0.29) is 0 Å². The molecular weight excluding hydrogens is 186 g/mol. The van der Waals surface area contributed by atoms with Gasteiger partial charge in [0.2, 0.25) is 0 Å². The maximum atomic E-state index is 5.52. The fourth-order valence-electron chi connectivity index (χ4n) is 2.38. The predicted octanol–water partition coefficient (Wildman–Crippen LogP) is 1.70. The van der Waals surface area contributed by atoms with Crippen LogP contribution in [0.1, 0.15) is 12.0 Å². The Morgan fingerprint density at radius 3 is 2.87 bits per heavy atom. The summed E-state index contributed by atoms with van der Waals surface area (Å²) < 4.78 is 5.52. The molecule has 0 aliphatic carbocycles. The quantitative estimate of drug-likeness (QED) is 0.695. The average Bonchev–Trinajstić information content (AvgIpc) is 3.06. The molecule has 2 nitrogen and oxygen atoms in total. The second-order valence-corrected chi connectivity index (χ2v) is 4.54. The first-order valence-electron chi connectivity index (χ1n) is 5.83. The first kappa shape index (κ1) is 9.37. The maximum absolute atomic E-state index is 5.52. The van der Waals surface area contributed by atoms with Crippen LogP contribution in [0.3, 0.4) is 0 Å². The molecule has 0 aromatic heterocycles. The van der Waals surface area contributed by atoms with E-state index >= 15 is 0 Å². The number of ether oxygens (including phenoxy) is 1. The monoisotopic (exact) mass is 203 g/mol. The molecule has 0 unspecified atom stereocenters. The second-order valence-electron chi connectivity index (χ2n) is 4.54. The van der Waals surface area contributed by atoms with Crippen molar-refractivity contribution in [1.82, 2.24) is 4.90 Å². The smallest absolute Gasteiger partial charge is 0.0968 e. The molecule has 15 heavy (non-hydrogen) atoms. The third-order valence-electron chi connectivity index (χ3n) is 3.42. The number of hydrogen-bond acceptors (Lipinski definition) is 2. The molecule has 2 heteroatoms. The van der Waals surface area contributed by atoms with Crippen LogP contribution in [0.5, 0.6) is 0 Å². The summed E-state index contributed by atoms with van der Waals surface area (Å²) >= 11 is 0. The molecular formula is C13H17NO. The number of hydrogen-bond donors (Lipinski definition) is 0. The summed E-state index contributed by atoms with van der Waals surface area (Å²) in [5.41, 5.74) is 1.44. The van der Waals surface area contributed by atoms with Gasteiger partial charge in [0, 0.05) is 19.6 Å². The minimum absolute atomic E-state index is 0.564. The lowest BCUT2D eigenvalue weighted by Gasteiger charge is -2.23. The molecule has 0 saturated carbocycles. The van der Waals surface area contributed by atoms with E-state index in [1.165, 1.54) is 25.1 Å². The molecule has 80 valence electrons. The van der Waals surface area contributed by atoms with E-state index in [1.54, 1.807) is 0 Å². The lowest BCUT2D eigenvalue weighted by molar-refractivity contribution is 0.248. The Morgan fingerprint density at radius 1 is 1.20 bits per heavy atom. The largest absolute Gasteiger partial charge is 0.368 e. The third kappa shape index (κ3) is 2.21. The zero-order valence-electron chi connectivity index (χ0n) is 8.93. The van der Waals surface area contributed by atoms with Gasteiger partial charge in [0.1, 0.15) is 0 Å². The highest BCUT2D eigenvalue weighted by molar-refractivity contribution is 5.15. The Balaban J connectivity index is 1.49. The highest BCUT2D eigenvalue weighted by Gasteiger charge is 2.42. The van der Waals surface area contributed by atoms with Crippen LogP contribution in [-0.4, -0.2) is 36.7 Å². The van der Waals surface area contributed by atoms with Crippen LogP contribution in [0.25, 0.3) is 0 Å². The van der Waals surface area contributed by atoms with Crippen LogP contribution in [0.4, 0.5) is 0 Å². The van der Waals surface area contributed by atoms with Crippen LogP contribution in [-0.2, 0) is 11.2 Å². The number of benzene rings is 1. The molecule has 2 aliphatic heterocycles. The van der Waals surface area contributed by atoms with Gasteiger partial charge in [0.15, 0.2) is 0 Å². The summed E-state index contributed by atoms with van der Waals surface area (Å²) in [5.74, 6) is 0. The van der Waals surface area contributed by atoms with Crippen molar-refractivity contribution in [2.75, 3.05) is 19.6 Å². The zero-order chi connectivity index (χ0) is 10.1. The van der Waals surface area contributed by atoms with Gasteiger partial charge in [-0.25, -0.2) is 0 Å². The Labute approximate surface area is 90.8 Å². The van der Waals surface area contributed by atoms with E-state index in [1.807, 2.05) is 0 Å². The van der Waals surface area contributed by atoms with Crippen molar-refractivity contribution >= 4 is 0 Å². The van der Waals surface area contributed by atoms with Crippen LogP contribution < -0.4 is 0 Å². The Bertz CT molecular complexity index is 325. The van der Waals surface area contributed by atoms with Crippen molar-refractivity contribution < 1.29 is 4.74 Å². The predicted molar refractivity (Wildman–Crippen MR) is 59.9 cm³/mol. The number of nitrogens with zero attached hydrogens (tertiary/aromatic N) is 1. The fourth-order valence-corrected chi connectivity index (χ4v) is 2.38. The van der Waals surface area contributed by atoms with Crippen molar-refractivity contribution in [3.8, 4) is 0 Å². The number of epoxide rings is 1. The molecule has 3 rings (SSSR count). The maximum Gasteiger partial charge on any atom is 0.0968 e. The van der Waals surface area contributed by atoms with Crippen LogP contribution in [0.15, 0.2) is 30.3 Å². The summed E-state index contributed by atoms with van der Waals surface area (Å²) in [6, 6.07) is 10.7. The standard InChI is InChI=1S/C13H17NO/c1-2-4-11(5-3-1)6-8-14-9-7-12-13(10-14)15-12/h1-5,12-13H,6-10H2/t12-,13-/m1/s1. The van der Waals surface area contributed by atoms with E-state index in [4.69, 9.17) is 4.74 Å². The summed E-state index contributed by atoms with van der Waals surface area (Å²) in [4.78, 5) is 2.53. The van der Waals surface area contributed by atoms with Gasteiger partial charge in [-0.05, 0) is 18.4 Å². The van der Waals surface area contributed by atoms with E-state index in [0.717, 1.165) is 13.0 Å². The Kier molecular flexibility index (Phi) is 2.47. The molecule has 0 amide bonds. The van der Waals surface area contributed by atoms with Crippen molar-refractivity contribution in [3.05, 3.63) is 35.9 Å². The first-order valence-corrected chi connectivity index (χ1v) is 5.83. The molecule has 0 radical (unpaired) electrons. The number of fused-ring (bicyclic) bond motifs is 1. The van der Waals surface area contributed by atoms with Crippen molar-refractivity contribution in [2.45, 2.75) is 25.0 Å². The minimum atomic E-state index is 0.564. The Morgan fingerprint density at radius 2 is 2.07 bits per heavy atom. The lowest BCUT2D eigenvalue weighted by Crippen LogP contribution is -2.35.